The van der Waals surface area contributed by atoms with E-state index < -0.39 is 0 Å². The number of alkyl halides is 1. The number of nitrogens with zero attached hydrogens (tertiary/aromatic N) is 1. The van der Waals surface area contributed by atoms with Crippen LogP contribution in [0.5, 0.6) is 10.8 Å². The van der Waals surface area contributed by atoms with Crippen molar-refractivity contribution in [2.45, 2.75) is 11.8 Å². The van der Waals surface area contributed by atoms with Gasteiger partial charge in [0.2, 0.25) is 11.0 Å². The molecule has 0 bridgehead atoms. The number of benzene rings is 1. The fourth-order valence-corrected chi connectivity index (χ4v) is 2.02. The van der Waals surface area contributed by atoms with Crippen LogP contribution in [-0.2, 0) is 4.79 Å². The topological polar surface area (TPSA) is 51.2 Å². The number of nitrogens with one attached hydrogen (secondary N) is 1. The molecular formula is C12H10BrFN2O2S. The summed E-state index contributed by atoms with van der Waals surface area (Å²) in [5.41, 5.74) is 0. The zero-order valence-corrected chi connectivity index (χ0v) is 12.3. The number of aromatic nitrogens is 1. The van der Waals surface area contributed by atoms with Crippen LogP contribution in [0.1, 0.15) is 6.92 Å². The molecule has 100 valence electrons. The second kappa shape index (κ2) is 6.12. The monoisotopic (exact) mass is 344 g/mol. The van der Waals surface area contributed by atoms with Gasteiger partial charge < -0.3 is 10.1 Å². The van der Waals surface area contributed by atoms with E-state index in [0.717, 1.165) is 0 Å². The van der Waals surface area contributed by atoms with E-state index in [1.807, 2.05) is 0 Å². The van der Waals surface area contributed by atoms with E-state index in [0.29, 0.717) is 15.9 Å². The second-order valence-electron chi connectivity index (χ2n) is 3.65. The molecule has 1 aromatic carbocycles. The average Bonchev–Trinajstić information content (AvgIpc) is 2.76. The second-order valence-corrected chi connectivity index (χ2v) is 6.02. The molecule has 7 heteroatoms. The van der Waals surface area contributed by atoms with Gasteiger partial charge in [-0.05, 0) is 19.1 Å². The lowest BCUT2D eigenvalue weighted by atomic mass is 10.3. The van der Waals surface area contributed by atoms with Gasteiger partial charge in [0, 0.05) is 6.07 Å². The van der Waals surface area contributed by atoms with Gasteiger partial charge in [-0.3, -0.25) is 4.79 Å². The molecule has 0 fully saturated rings. The molecule has 2 rings (SSSR count). The van der Waals surface area contributed by atoms with Crippen LogP contribution in [0.4, 0.5) is 9.52 Å². The van der Waals surface area contributed by atoms with Crippen molar-refractivity contribution in [3.63, 3.8) is 0 Å². The van der Waals surface area contributed by atoms with Crippen molar-refractivity contribution >= 4 is 38.3 Å². The van der Waals surface area contributed by atoms with E-state index in [9.17, 15) is 9.18 Å². The Balaban J connectivity index is 2.03. The molecule has 1 amide bonds. The lowest BCUT2D eigenvalue weighted by Gasteiger charge is -2.02. The van der Waals surface area contributed by atoms with Crippen molar-refractivity contribution in [2.75, 3.05) is 5.32 Å². The van der Waals surface area contributed by atoms with Crippen LogP contribution >= 0.6 is 27.3 Å². The first-order chi connectivity index (χ1) is 9.04. The van der Waals surface area contributed by atoms with Crippen molar-refractivity contribution in [1.29, 1.82) is 0 Å². The largest absolute Gasteiger partial charge is 0.445 e. The number of hydrogen-bond acceptors (Lipinski definition) is 4. The molecule has 1 heterocycles. The van der Waals surface area contributed by atoms with Gasteiger partial charge in [-0.15, -0.1) is 0 Å². The number of hydrogen-bond donors (Lipinski definition) is 1. The van der Waals surface area contributed by atoms with Crippen LogP contribution in [0.25, 0.3) is 0 Å². The standard InChI is InChI=1S/C12H10BrFN2O2S/c1-7(13)11(17)16-12-15-6-10(19-12)18-9-4-2-3-8(14)5-9/h2-7H,1H3,(H,15,16,17). The first-order valence-corrected chi connectivity index (χ1v) is 7.12. The highest BCUT2D eigenvalue weighted by Crippen LogP contribution is 2.30. The van der Waals surface area contributed by atoms with Gasteiger partial charge in [-0.2, -0.15) is 0 Å². The van der Waals surface area contributed by atoms with Crippen LogP contribution in [0, 0.1) is 5.82 Å². The molecule has 0 saturated heterocycles. The fraction of sp³-hybridized carbons (Fsp3) is 0.167. The summed E-state index contributed by atoms with van der Waals surface area (Å²) in [6.07, 6.45) is 1.48. The Labute approximate surface area is 121 Å². The number of rotatable bonds is 4. The van der Waals surface area contributed by atoms with E-state index in [1.165, 1.54) is 29.7 Å². The zero-order valence-electron chi connectivity index (χ0n) is 9.89. The van der Waals surface area contributed by atoms with E-state index in [4.69, 9.17) is 4.74 Å². The third-order valence-corrected chi connectivity index (χ3v) is 3.30. The highest BCUT2D eigenvalue weighted by Gasteiger charge is 2.12. The third kappa shape index (κ3) is 4.00. The molecule has 19 heavy (non-hydrogen) atoms. The minimum Gasteiger partial charge on any atom is -0.445 e. The van der Waals surface area contributed by atoms with Crippen LogP contribution in [0.2, 0.25) is 0 Å². The Morgan fingerprint density at radius 1 is 1.58 bits per heavy atom. The first kappa shape index (κ1) is 14.0. The van der Waals surface area contributed by atoms with Gasteiger partial charge in [0.25, 0.3) is 0 Å². The maximum atomic E-state index is 13.0. The number of halogens is 2. The lowest BCUT2D eigenvalue weighted by molar-refractivity contribution is -0.115. The van der Waals surface area contributed by atoms with Gasteiger partial charge in [0.1, 0.15) is 11.6 Å². The quantitative estimate of drug-likeness (QED) is 0.858. The molecule has 0 saturated carbocycles. The van der Waals surface area contributed by atoms with Crippen molar-refractivity contribution in [3.05, 3.63) is 36.3 Å². The van der Waals surface area contributed by atoms with Crippen molar-refractivity contribution in [1.82, 2.24) is 4.98 Å². The Morgan fingerprint density at radius 2 is 2.37 bits per heavy atom. The normalized spacial score (nSPS) is 11.9. The Hall–Kier alpha value is -1.47. The molecule has 0 aliphatic rings. The number of amides is 1. The molecular weight excluding hydrogens is 335 g/mol. The average molecular weight is 345 g/mol. The summed E-state index contributed by atoms with van der Waals surface area (Å²) in [5.74, 6) is -0.175. The maximum Gasteiger partial charge on any atom is 0.239 e. The van der Waals surface area contributed by atoms with E-state index >= 15 is 0 Å². The molecule has 0 aliphatic heterocycles. The van der Waals surface area contributed by atoms with Crippen molar-refractivity contribution in [3.8, 4) is 10.8 Å². The van der Waals surface area contributed by atoms with Crippen LogP contribution in [-0.4, -0.2) is 15.7 Å². The SMILES string of the molecule is CC(Br)C(=O)Nc1ncc(Oc2cccc(F)c2)s1. The Kier molecular flexibility index (Phi) is 4.49. The molecule has 1 N–H and O–H groups in total. The van der Waals surface area contributed by atoms with Gasteiger partial charge in [-0.25, -0.2) is 9.37 Å². The number of carbonyl (C=O) groups excluding carboxylic acids is 1. The van der Waals surface area contributed by atoms with Gasteiger partial charge in [-0.1, -0.05) is 33.3 Å². The molecule has 1 unspecified atom stereocenters. The number of anilines is 1. The summed E-state index contributed by atoms with van der Waals surface area (Å²) in [6.45, 7) is 1.72. The molecule has 0 aliphatic carbocycles. The van der Waals surface area contributed by atoms with Crippen LogP contribution < -0.4 is 10.1 Å². The number of carbonyl (C=O) groups is 1. The minimum absolute atomic E-state index is 0.188. The van der Waals surface area contributed by atoms with E-state index in [2.05, 4.69) is 26.2 Å². The number of ether oxygens (including phenoxy) is 1. The Bertz CT molecular complexity index is 589. The summed E-state index contributed by atoms with van der Waals surface area (Å²) >= 11 is 4.33. The van der Waals surface area contributed by atoms with Crippen molar-refractivity contribution < 1.29 is 13.9 Å². The predicted octanol–water partition coefficient (Wildman–Crippen LogP) is 3.80. The summed E-state index contributed by atoms with van der Waals surface area (Å²) in [7, 11) is 0. The molecule has 0 spiro atoms. The van der Waals surface area contributed by atoms with E-state index in [1.54, 1.807) is 19.1 Å². The predicted molar refractivity (Wildman–Crippen MR) is 75.6 cm³/mol. The highest BCUT2D eigenvalue weighted by molar-refractivity contribution is 9.10. The van der Waals surface area contributed by atoms with Gasteiger partial charge in [0.05, 0.1) is 11.0 Å². The maximum absolute atomic E-state index is 13.0. The van der Waals surface area contributed by atoms with Gasteiger partial charge >= 0.3 is 0 Å². The summed E-state index contributed by atoms with van der Waals surface area (Å²) in [4.78, 5) is 15.1. The summed E-state index contributed by atoms with van der Waals surface area (Å²) in [5, 5.41) is 3.53. The van der Waals surface area contributed by atoms with Crippen LogP contribution in [0.15, 0.2) is 30.5 Å². The van der Waals surface area contributed by atoms with E-state index in [-0.39, 0.29) is 16.6 Å². The zero-order chi connectivity index (χ0) is 13.8. The Morgan fingerprint density at radius 3 is 3.05 bits per heavy atom. The molecule has 4 nitrogen and oxygen atoms in total. The lowest BCUT2D eigenvalue weighted by Crippen LogP contribution is -2.19. The molecule has 1 atom stereocenters. The highest BCUT2D eigenvalue weighted by atomic mass is 79.9. The third-order valence-electron chi connectivity index (χ3n) is 2.09. The molecule has 0 radical (unpaired) electrons. The smallest absolute Gasteiger partial charge is 0.239 e. The summed E-state index contributed by atoms with van der Waals surface area (Å²) < 4.78 is 18.4. The molecule has 2 aromatic rings. The minimum atomic E-state index is -0.372. The molecule has 1 aromatic heterocycles. The fourth-order valence-electron chi connectivity index (χ4n) is 1.22. The first-order valence-electron chi connectivity index (χ1n) is 5.39. The summed E-state index contributed by atoms with van der Waals surface area (Å²) in [6, 6.07) is 5.81. The van der Waals surface area contributed by atoms with Crippen molar-refractivity contribution in [2.24, 2.45) is 0 Å². The van der Waals surface area contributed by atoms with Crippen LogP contribution in [0.3, 0.4) is 0 Å². The number of thiazole rings is 1. The van der Waals surface area contributed by atoms with Gasteiger partial charge in [0.15, 0.2) is 5.13 Å².